The van der Waals surface area contributed by atoms with Crippen LogP contribution in [0.15, 0.2) is 27.6 Å². The van der Waals surface area contributed by atoms with E-state index < -0.39 is 10.0 Å². The topological polar surface area (TPSA) is 75.4 Å². The van der Waals surface area contributed by atoms with Crippen LogP contribution in [0.5, 0.6) is 0 Å². The Labute approximate surface area is 136 Å². The number of hydrogen-bond donors (Lipinski definition) is 2. The lowest BCUT2D eigenvalue weighted by Gasteiger charge is -2.20. The first kappa shape index (κ1) is 18.6. The van der Waals surface area contributed by atoms with Crippen LogP contribution in [0.1, 0.15) is 25.8 Å². The van der Waals surface area contributed by atoms with Gasteiger partial charge in [-0.25, -0.2) is 13.1 Å². The minimum atomic E-state index is -3.51. The van der Waals surface area contributed by atoms with Crippen LogP contribution >= 0.6 is 15.9 Å². The quantitative estimate of drug-likeness (QED) is 0.678. The summed E-state index contributed by atoms with van der Waals surface area (Å²) in [6.45, 7) is 5.80. The summed E-state index contributed by atoms with van der Waals surface area (Å²) in [4.78, 5) is 2.42. The van der Waals surface area contributed by atoms with E-state index in [4.69, 9.17) is 5.73 Å². The third kappa shape index (κ3) is 5.67. The lowest BCUT2D eigenvalue weighted by Crippen LogP contribution is -2.31. The molecular formula is C14H24BrN3O2S. The molecule has 5 nitrogen and oxygen atoms in total. The molecule has 0 aliphatic carbocycles. The van der Waals surface area contributed by atoms with Crippen molar-refractivity contribution < 1.29 is 8.42 Å². The van der Waals surface area contributed by atoms with Crippen molar-refractivity contribution in [3.05, 3.63) is 28.2 Å². The van der Waals surface area contributed by atoms with Gasteiger partial charge >= 0.3 is 0 Å². The summed E-state index contributed by atoms with van der Waals surface area (Å²) in [5, 5.41) is 0. The maximum atomic E-state index is 12.3. The highest BCUT2D eigenvalue weighted by molar-refractivity contribution is 9.10. The van der Waals surface area contributed by atoms with Crippen LogP contribution < -0.4 is 10.5 Å². The fraction of sp³-hybridized carbons (Fsp3) is 0.571. The van der Waals surface area contributed by atoms with Crippen molar-refractivity contribution in [1.82, 2.24) is 9.62 Å². The van der Waals surface area contributed by atoms with Crippen LogP contribution in [0.2, 0.25) is 0 Å². The van der Waals surface area contributed by atoms with Gasteiger partial charge in [-0.3, -0.25) is 0 Å². The zero-order chi connectivity index (χ0) is 16.0. The summed E-state index contributed by atoms with van der Waals surface area (Å²) in [5.41, 5.74) is 6.35. The van der Waals surface area contributed by atoms with Gasteiger partial charge in [-0.2, -0.15) is 0 Å². The second-order valence-corrected chi connectivity index (χ2v) is 7.88. The van der Waals surface area contributed by atoms with Crippen LogP contribution in [-0.2, 0) is 16.6 Å². The van der Waals surface area contributed by atoms with Crippen molar-refractivity contribution in [3.63, 3.8) is 0 Å². The van der Waals surface area contributed by atoms with E-state index >= 15 is 0 Å². The van der Waals surface area contributed by atoms with Crippen LogP contribution in [0.25, 0.3) is 0 Å². The highest BCUT2D eigenvalue weighted by atomic mass is 79.9. The summed E-state index contributed by atoms with van der Waals surface area (Å²) in [6, 6.07) is 5.58. The molecule has 0 fully saturated rings. The van der Waals surface area contributed by atoms with Crippen LogP contribution in [0.3, 0.4) is 0 Å². The number of nitrogens with two attached hydrogens (primary N) is 1. The van der Waals surface area contributed by atoms with Crippen LogP contribution in [-0.4, -0.2) is 39.5 Å². The Bertz CT molecular complexity index is 561. The van der Waals surface area contributed by atoms with Gasteiger partial charge in [0.25, 0.3) is 0 Å². The Morgan fingerprint density at radius 3 is 2.62 bits per heavy atom. The monoisotopic (exact) mass is 377 g/mol. The van der Waals surface area contributed by atoms with Gasteiger partial charge in [0.05, 0.1) is 4.90 Å². The van der Waals surface area contributed by atoms with Gasteiger partial charge in [0, 0.05) is 23.6 Å². The Kier molecular flexibility index (Phi) is 7.29. The first-order chi connectivity index (χ1) is 9.77. The number of nitrogens with one attached hydrogen (secondary N) is 1. The largest absolute Gasteiger partial charge is 0.326 e. The molecule has 0 aliphatic rings. The second kappa shape index (κ2) is 8.24. The number of nitrogens with zero attached hydrogens (tertiary/aromatic N) is 1. The summed E-state index contributed by atoms with van der Waals surface area (Å²) in [6.07, 6.45) is 0.766. The summed E-state index contributed by atoms with van der Waals surface area (Å²) in [5.74, 6) is 0. The molecule has 0 bridgehead atoms. The molecule has 21 heavy (non-hydrogen) atoms. The molecule has 0 spiro atoms. The first-order valence-electron chi connectivity index (χ1n) is 6.96. The zero-order valence-corrected chi connectivity index (χ0v) is 15.2. The highest BCUT2D eigenvalue weighted by Crippen LogP contribution is 2.23. The molecule has 120 valence electrons. The lowest BCUT2D eigenvalue weighted by molar-refractivity contribution is 0.271. The summed E-state index contributed by atoms with van der Waals surface area (Å²) in [7, 11) is -1.48. The standard InChI is InChI=1S/C14H24BrN3O2S/c1-11(2)18(3)8-4-7-17-21(19,20)14-9-12(10-16)5-6-13(14)15/h5-6,9,11,17H,4,7-8,10,16H2,1-3H3. The minimum absolute atomic E-state index is 0.239. The molecule has 0 saturated carbocycles. The molecule has 7 heteroatoms. The average Bonchev–Trinajstić information content (AvgIpc) is 2.43. The molecule has 1 aromatic carbocycles. The Morgan fingerprint density at radius 1 is 1.38 bits per heavy atom. The third-order valence-electron chi connectivity index (χ3n) is 3.38. The molecule has 3 N–H and O–H groups in total. The summed E-state index contributed by atoms with van der Waals surface area (Å²) < 4.78 is 27.8. The molecule has 1 rings (SSSR count). The van der Waals surface area contributed by atoms with E-state index in [2.05, 4.69) is 39.4 Å². The van der Waals surface area contributed by atoms with Crippen molar-refractivity contribution in [1.29, 1.82) is 0 Å². The Morgan fingerprint density at radius 2 is 2.05 bits per heavy atom. The fourth-order valence-corrected chi connectivity index (χ4v) is 3.84. The van der Waals surface area contributed by atoms with E-state index in [1.807, 2.05) is 7.05 Å². The third-order valence-corrected chi connectivity index (χ3v) is 5.84. The molecule has 0 radical (unpaired) electrons. The minimum Gasteiger partial charge on any atom is -0.326 e. The van der Waals surface area contributed by atoms with Crippen molar-refractivity contribution in [3.8, 4) is 0 Å². The van der Waals surface area contributed by atoms with E-state index in [0.717, 1.165) is 18.5 Å². The molecule has 1 aromatic rings. The molecular weight excluding hydrogens is 354 g/mol. The van der Waals surface area contributed by atoms with Gasteiger partial charge in [-0.1, -0.05) is 6.07 Å². The Hall–Kier alpha value is -0.470. The first-order valence-corrected chi connectivity index (χ1v) is 9.24. The van der Waals surface area contributed by atoms with Gasteiger partial charge < -0.3 is 10.6 Å². The van der Waals surface area contributed by atoms with E-state index in [0.29, 0.717) is 23.6 Å². The Balaban J connectivity index is 2.66. The van der Waals surface area contributed by atoms with E-state index in [9.17, 15) is 8.42 Å². The highest BCUT2D eigenvalue weighted by Gasteiger charge is 2.17. The second-order valence-electron chi connectivity index (χ2n) is 5.29. The van der Waals surface area contributed by atoms with Gasteiger partial charge in [0.1, 0.15) is 0 Å². The maximum absolute atomic E-state index is 12.3. The predicted octanol–water partition coefficient (Wildman–Crippen LogP) is 1.92. The van der Waals surface area contributed by atoms with Crippen LogP contribution in [0.4, 0.5) is 0 Å². The van der Waals surface area contributed by atoms with E-state index in [1.165, 1.54) is 0 Å². The van der Waals surface area contributed by atoms with E-state index in [1.54, 1.807) is 18.2 Å². The molecule has 0 aliphatic heterocycles. The van der Waals surface area contributed by atoms with Crippen molar-refractivity contribution >= 4 is 26.0 Å². The lowest BCUT2D eigenvalue weighted by atomic mass is 10.2. The molecule has 0 heterocycles. The van der Waals surface area contributed by atoms with Crippen molar-refractivity contribution in [2.45, 2.75) is 37.8 Å². The molecule has 0 atom stereocenters. The molecule has 0 aromatic heterocycles. The molecule has 0 unspecified atom stereocenters. The summed E-state index contributed by atoms with van der Waals surface area (Å²) >= 11 is 3.28. The van der Waals surface area contributed by atoms with E-state index in [-0.39, 0.29) is 4.90 Å². The smallest absolute Gasteiger partial charge is 0.241 e. The molecule has 0 saturated heterocycles. The number of benzene rings is 1. The van der Waals surface area contributed by atoms with Gasteiger partial charge in [-0.15, -0.1) is 0 Å². The predicted molar refractivity (Wildman–Crippen MR) is 89.6 cm³/mol. The van der Waals surface area contributed by atoms with Crippen molar-refractivity contribution in [2.24, 2.45) is 5.73 Å². The van der Waals surface area contributed by atoms with Crippen LogP contribution in [0, 0.1) is 0 Å². The SMILES string of the molecule is CC(C)N(C)CCCNS(=O)(=O)c1cc(CN)ccc1Br. The van der Waals surface area contributed by atoms with Gasteiger partial charge in [0.15, 0.2) is 0 Å². The van der Waals surface area contributed by atoms with Gasteiger partial charge in [0.2, 0.25) is 10.0 Å². The normalized spacial score (nSPS) is 12.3. The maximum Gasteiger partial charge on any atom is 0.241 e. The number of rotatable bonds is 8. The average molecular weight is 378 g/mol. The number of halogens is 1. The zero-order valence-electron chi connectivity index (χ0n) is 12.8. The molecule has 0 amide bonds. The van der Waals surface area contributed by atoms with Crippen molar-refractivity contribution in [2.75, 3.05) is 20.1 Å². The number of hydrogen-bond acceptors (Lipinski definition) is 4. The fourth-order valence-electron chi connectivity index (χ4n) is 1.75. The van der Waals surface area contributed by atoms with Gasteiger partial charge in [-0.05, 0) is 67.5 Å². The number of sulfonamides is 1.